The molecular formula is C16H28N2O2. The zero-order valence-corrected chi connectivity index (χ0v) is 13.1. The lowest BCUT2D eigenvalue weighted by Crippen LogP contribution is -2.45. The molecule has 2 fully saturated rings. The summed E-state index contributed by atoms with van der Waals surface area (Å²) in [5.41, 5.74) is 0.428. The van der Waals surface area contributed by atoms with Crippen LogP contribution < -0.4 is 5.32 Å². The number of carbonyl (C=O) groups is 2. The second-order valence-corrected chi connectivity index (χ2v) is 7.26. The van der Waals surface area contributed by atoms with Gasteiger partial charge in [0, 0.05) is 32.0 Å². The number of hydrogen-bond donors (Lipinski definition) is 1. The lowest BCUT2D eigenvalue weighted by atomic mass is 9.75. The molecule has 1 N–H and O–H groups in total. The highest BCUT2D eigenvalue weighted by Gasteiger charge is 2.31. The molecule has 0 aromatic heterocycles. The van der Waals surface area contributed by atoms with Crippen molar-refractivity contribution in [2.24, 2.45) is 5.41 Å². The molecule has 0 radical (unpaired) electrons. The maximum absolute atomic E-state index is 12.4. The molecule has 20 heavy (non-hydrogen) atoms. The summed E-state index contributed by atoms with van der Waals surface area (Å²) in [6.07, 6.45) is 7.50. The first kappa shape index (κ1) is 15.3. The van der Waals surface area contributed by atoms with Crippen LogP contribution in [0.15, 0.2) is 0 Å². The molecule has 1 heterocycles. The molecular weight excluding hydrogens is 252 g/mol. The Morgan fingerprint density at radius 2 is 1.95 bits per heavy atom. The van der Waals surface area contributed by atoms with Gasteiger partial charge in [-0.2, -0.15) is 0 Å². The van der Waals surface area contributed by atoms with Gasteiger partial charge in [0.05, 0.1) is 0 Å². The lowest BCUT2D eigenvalue weighted by molar-refractivity contribution is -0.134. The van der Waals surface area contributed by atoms with E-state index in [1.807, 2.05) is 11.9 Å². The number of nitrogens with one attached hydrogen (secondary N) is 1. The van der Waals surface area contributed by atoms with Gasteiger partial charge in [-0.25, -0.2) is 0 Å². The van der Waals surface area contributed by atoms with Gasteiger partial charge in [-0.1, -0.05) is 13.8 Å². The molecule has 4 nitrogen and oxygen atoms in total. The molecule has 2 aliphatic rings. The molecule has 1 saturated heterocycles. The molecule has 1 unspecified atom stereocenters. The quantitative estimate of drug-likeness (QED) is 0.863. The van der Waals surface area contributed by atoms with Crippen molar-refractivity contribution < 1.29 is 9.59 Å². The Labute approximate surface area is 122 Å². The topological polar surface area (TPSA) is 49.4 Å². The smallest absolute Gasteiger partial charge is 0.224 e. The molecule has 0 bridgehead atoms. The third kappa shape index (κ3) is 3.97. The average molecular weight is 280 g/mol. The van der Waals surface area contributed by atoms with Crippen LogP contribution in [0.4, 0.5) is 0 Å². The van der Waals surface area contributed by atoms with Crippen molar-refractivity contribution in [2.45, 2.75) is 77.3 Å². The Morgan fingerprint density at radius 3 is 2.55 bits per heavy atom. The number of hydrogen-bond acceptors (Lipinski definition) is 2. The van der Waals surface area contributed by atoms with Crippen LogP contribution in [0.1, 0.15) is 65.2 Å². The minimum atomic E-state index is 0.0474. The average Bonchev–Trinajstić information content (AvgIpc) is 2.38. The highest BCUT2D eigenvalue weighted by atomic mass is 16.2. The molecule has 1 aliphatic carbocycles. The Bertz CT molecular complexity index is 369. The van der Waals surface area contributed by atoms with Gasteiger partial charge in [-0.05, 0) is 43.9 Å². The summed E-state index contributed by atoms with van der Waals surface area (Å²) in [6, 6.07) is 0.432. The summed E-state index contributed by atoms with van der Waals surface area (Å²) in [5, 5.41) is 2.93. The van der Waals surface area contributed by atoms with Gasteiger partial charge < -0.3 is 10.2 Å². The summed E-state index contributed by atoms with van der Waals surface area (Å²) in [6.45, 7) is 4.62. The van der Waals surface area contributed by atoms with Crippen molar-refractivity contribution in [2.75, 3.05) is 7.05 Å². The van der Waals surface area contributed by atoms with E-state index in [1.165, 1.54) is 12.8 Å². The SMILES string of the molecule is CN(C(=O)CC1CCCC(=O)N1)C1CCC(C)(C)CC1. The van der Waals surface area contributed by atoms with E-state index in [9.17, 15) is 9.59 Å². The van der Waals surface area contributed by atoms with Crippen molar-refractivity contribution in [3.05, 3.63) is 0 Å². The highest BCUT2D eigenvalue weighted by Crippen LogP contribution is 2.36. The van der Waals surface area contributed by atoms with E-state index in [1.54, 1.807) is 0 Å². The monoisotopic (exact) mass is 280 g/mol. The van der Waals surface area contributed by atoms with Crippen LogP contribution in [0.5, 0.6) is 0 Å². The fourth-order valence-electron chi connectivity index (χ4n) is 3.36. The van der Waals surface area contributed by atoms with Crippen LogP contribution in [0.2, 0.25) is 0 Å². The summed E-state index contributed by atoms with van der Waals surface area (Å²) < 4.78 is 0. The van der Waals surface area contributed by atoms with Gasteiger partial charge >= 0.3 is 0 Å². The predicted octanol–water partition coefficient (Wildman–Crippen LogP) is 2.47. The fourth-order valence-corrected chi connectivity index (χ4v) is 3.36. The van der Waals surface area contributed by atoms with Crippen LogP contribution in [-0.2, 0) is 9.59 Å². The van der Waals surface area contributed by atoms with Crippen LogP contribution >= 0.6 is 0 Å². The standard InChI is InChI=1S/C16H28N2O2/c1-16(2)9-7-13(8-10-16)18(3)15(20)11-12-5-4-6-14(19)17-12/h12-13H,4-11H2,1-3H3,(H,17,19). The van der Waals surface area contributed by atoms with Crippen molar-refractivity contribution >= 4 is 11.8 Å². The van der Waals surface area contributed by atoms with E-state index in [2.05, 4.69) is 19.2 Å². The molecule has 114 valence electrons. The Hall–Kier alpha value is -1.06. The Morgan fingerprint density at radius 1 is 1.30 bits per heavy atom. The van der Waals surface area contributed by atoms with E-state index in [0.29, 0.717) is 24.3 Å². The van der Waals surface area contributed by atoms with Gasteiger partial charge in [-0.15, -0.1) is 0 Å². The van der Waals surface area contributed by atoms with Gasteiger partial charge in [0.25, 0.3) is 0 Å². The first-order valence-corrected chi connectivity index (χ1v) is 7.92. The lowest BCUT2D eigenvalue weighted by Gasteiger charge is -2.39. The Kier molecular flexibility index (Phi) is 4.71. The second-order valence-electron chi connectivity index (χ2n) is 7.26. The predicted molar refractivity (Wildman–Crippen MR) is 79.2 cm³/mol. The molecule has 0 spiro atoms. The number of nitrogens with zero attached hydrogens (tertiary/aromatic N) is 1. The molecule has 0 aromatic rings. The minimum absolute atomic E-state index is 0.0474. The van der Waals surface area contributed by atoms with Crippen LogP contribution in [0, 0.1) is 5.41 Å². The van der Waals surface area contributed by atoms with E-state index in [4.69, 9.17) is 0 Å². The van der Waals surface area contributed by atoms with Crippen molar-refractivity contribution in [1.82, 2.24) is 10.2 Å². The zero-order valence-electron chi connectivity index (χ0n) is 13.1. The van der Waals surface area contributed by atoms with Gasteiger partial charge in [-0.3, -0.25) is 9.59 Å². The Balaban J connectivity index is 1.81. The highest BCUT2D eigenvalue weighted by molar-refractivity contribution is 5.80. The fraction of sp³-hybridized carbons (Fsp3) is 0.875. The minimum Gasteiger partial charge on any atom is -0.353 e. The van der Waals surface area contributed by atoms with Crippen molar-refractivity contribution in [3.63, 3.8) is 0 Å². The second kappa shape index (κ2) is 6.15. The van der Waals surface area contributed by atoms with E-state index in [0.717, 1.165) is 25.7 Å². The van der Waals surface area contributed by atoms with E-state index >= 15 is 0 Å². The van der Waals surface area contributed by atoms with Crippen molar-refractivity contribution in [1.29, 1.82) is 0 Å². The normalized spacial score (nSPS) is 26.9. The van der Waals surface area contributed by atoms with Crippen LogP contribution in [0.25, 0.3) is 0 Å². The number of amides is 2. The molecule has 1 atom stereocenters. The third-order valence-electron chi connectivity index (χ3n) is 4.99. The van der Waals surface area contributed by atoms with E-state index < -0.39 is 0 Å². The van der Waals surface area contributed by atoms with Crippen LogP contribution in [0.3, 0.4) is 0 Å². The summed E-state index contributed by atoms with van der Waals surface area (Å²) in [4.78, 5) is 25.6. The molecule has 2 amide bonds. The van der Waals surface area contributed by atoms with E-state index in [-0.39, 0.29) is 17.9 Å². The number of piperidine rings is 1. The molecule has 1 aliphatic heterocycles. The summed E-state index contributed by atoms with van der Waals surface area (Å²) in [5.74, 6) is 0.276. The maximum atomic E-state index is 12.4. The first-order valence-electron chi connectivity index (χ1n) is 7.92. The first-order chi connectivity index (χ1) is 9.37. The third-order valence-corrected chi connectivity index (χ3v) is 4.99. The van der Waals surface area contributed by atoms with Crippen LogP contribution in [-0.4, -0.2) is 35.8 Å². The van der Waals surface area contributed by atoms with Gasteiger partial charge in [0.2, 0.25) is 11.8 Å². The molecule has 0 aromatic carbocycles. The largest absolute Gasteiger partial charge is 0.353 e. The van der Waals surface area contributed by atoms with Crippen molar-refractivity contribution in [3.8, 4) is 0 Å². The maximum Gasteiger partial charge on any atom is 0.224 e. The zero-order chi connectivity index (χ0) is 14.8. The molecule has 4 heteroatoms. The molecule has 2 rings (SSSR count). The number of rotatable bonds is 3. The number of carbonyl (C=O) groups excluding carboxylic acids is 2. The molecule has 1 saturated carbocycles. The summed E-state index contributed by atoms with van der Waals surface area (Å²) >= 11 is 0. The van der Waals surface area contributed by atoms with Gasteiger partial charge in [0.1, 0.15) is 0 Å². The summed E-state index contributed by atoms with van der Waals surface area (Å²) in [7, 11) is 1.93. The van der Waals surface area contributed by atoms with Gasteiger partial charge in [0.15, 0.2) is 0 Å².